The average molecular weight is 323 g/mol. The zero-order valence-corrected chi connectivity index (χ0v) is 13.8. The number of aromatic nitrogens is 5. The molecule has 0 unspecified atom stereocenters. The van der Waals surface area contributed by atoms with E-state index in [-0.39, 0.29) is 0 Å². The van der Waals surface area contributed by atoms with Gasteiger partial charge in [-0.2, -0.15) is 0 Å². The lowest BCUT2D eigenvalue weighted by Crippen LogP contribution is -2.46. The number of fused-ring (bicyclic) bond motifs is 1. The van der Waals surface area contributed by atoms with Crippen molar-refractivity contribution in [1.29, 1.82) is 0 Å². The fourth-order valence-electron chi connectivity index (χ4n) is 3.17. The van der Waals surface area contributed by atoms with Crippen molar-refractivity contribution in [2.24, 2.45) is 0 Å². The number of rotatable bonds is 4. The van der Waals surface area contributed by atoms with Crippen molar-refractivity contribution in [3.8, 4) is 0 Å². The highest BCUT2D eigenvalue weighted by Gasteiger charge is 2.21. The summed E-state index contributed by atoms with van der Waals surface area (Å²) in [6, 6.07) is 6.08. The normalized spacial score (nSPS) is 16.0. The van der Waals surface area contributed by atoms with Crippen LogP contribution in [0.25, 0.3) is 11.2 Å². The van der Waals surface area contributed by atoms with E-state index in [1.165, 1.54) is 0 Å². The van der Waals surface area contributed by atoms with Crippen molar-refractivity contribution in [3.05, 3.63) is 42.7 Å². The predicted molar refractivity (Wildman–Crippen MR) is 92.7 cm³/mol. The Balaban J connectivity index is 1.47. The molecular formula is C17H21N7. The van der Waals surface area contributed by atoms with Crippen LogP contribution in [-0.2, 0) is 13.1 Å². The SMILES string of the molecule is CCn1cnc2c(N3CCN(Cc4ccccn4)CC3)ncnc21. The minimum absolute atomic E-state index is 0.866. The van der Waals surface area contributed by atoms with Crippen LogP contribution in [0.4, 0.5) is 5.82 Å². The number of imidazole rings is 1. The van der Waals surface area contributed by atoms with Crippen LogP contribution in [0.5, 0.6) is 0 Å². The molecule has 0 amide bonds. The third-order valence-electron chi connectivity index (χ3n) is 4.51. The second-order valence-corrected chi connectivity index (χ2v) is 5.98. The summed E-state index contributed by atoms with van der Waals surface area (Å²) < 4.78 is 2.05. The van der Waals surface area contributed by atoms with Crippen molar-refractivity contribution in [2.45, 2.75) is 20.0 Å². The first kappa shape index (κ1) is 15.0. The fraction of sp³-hybridized carbons (Fsp3) is 0.412. The summed E-state index contributed by atoms with van der Waals surface area (Å²) in [6.45, 7) is 7.74. The van der Waals surface area contributed by atoms with Gasteiger partial charge in [0.1, 0.15) is 6.33 Å². The molecule has 7 nitrogen and oxygen atoms in total. The lowest BCUT2D eigenvalue weighted by molar-refractivity contribution is 0.246. The molecule has 0 saturated carbocycles. The molecule has 7 heteroatoms. The summed E-state index contributed by atoms with van der Waals surface area (Å²) in [6.07, 6.45) is 5.35. The smallest absolute Gasteiger partial charge is 0.165 e. The Labute approximate surface area is 141 Å². The lowest BCUT2D eigenvalue weighted by atomic mass is 10.2. The monoisotopic (exact) mass is 323 g/mol. The molecule has 4 rings (SSSR count). The molecule has 0 aliphatic carbocycles. The number of aryl methyl sites for hydroxylation is 1. The van der Waals surface area contributed by atoms with Gasteiger partial charge in [-0.05, 0) is 19.1 Å². The molecule has 1 saturated heterocycles. The van der Waals surface area contributed by atoms with Crippen LogP contribution in [-0.4, -0.2) is 55.6 Å². The van der Waals surface area contributed by atoms with E-state index in [1.807, 2.05) is 24.7 Å². The van der Waals surface area contributed by atoms with Crippen molar-refractivity contribution >= 4 is 17.0 Å². The van der Waals surface area contributed by atoms with Gasteiger partial charge in [0.05, 0.1) is 12.0 Å². The summed E-state index contributed by atoms with van der Waals surface area (Å²) in [7, 11) is 0. The minimum atomic E-state index is 0.866. The van der Waals surface area contributed by atoms with Crippen LogP contribution in [0.3, 0.4) is 0 Å². The quantitative estimate of drug-likeness (QED) is 0.726. The molecule has 3 aromatic heterocycles. The molecular weight excluding hydrogens is 302 g/mol. The Kier molecular flexibility index (Phi) is 4.08. The van der Waals surface area contributed by atoms with Gasteiger partial charge in [-0.3, -0.25) is 9.88 Å². The van der Waals surface area contributed by atoms with Gasteiger partial charge in [0.2, 0.25) is 0 Å². The predicted octanol–water partition coefficient (Wildman–Crippen LogP) is 1.56. The molecule has 0 spiro atoms. The zero-order chi connectivity index (χ0) is 16.4. The van der Waals surface area contributed by atoms with E-state index in [1.54, 1.807) is 6.33 Å². The van der Waals surface area contributed by atoms with Crippen LogP contribution in [0, 0.1) is 0 Å². The molecule has 124 valence electrons. The number of nitrogens with zero attached hydrogens (tertiary/aromatic N) is 7. The molecule has 1 fully saturated rings. The van der Waals surface area contributed by atoms with Crippen molar-refractivity contribution < 1.29 is 0 Å². The summed E-state index contributed by atoms with van der Waals surface area (Å²) in [5.74, 6) is 0.949. The van der Waals surface area contributed by atoms with E-state index >= 15 is 0 Å². The van der Waals surface area contributed by atoms with Crippen LogP contribution in [0.1, 0.15) is 12.6 Å². The Morgan fingerprint density at radius 1 is 1.00 bits per heavy atom. The highest BCUT2D eigenvalue weighted by atomic mass is 15.3. The maximum atomic E-state index is 4.52. The van der Waals surface area contributed by atoms with Crippen LogP contribution in [0.2, 0.25) is 0 Å². The highest BCUT2D eigenvalue weighted by molar-refractivity contribution is 5.83. The van der Waals surface area contributed by atoms with Crippen molar-refractivity contribution in [3.63, 3.8) is 0 Å². The summed E-state index contributed by atoms with van der Waals surface area (Å²) >= 11 is 0. The van der Waals surface area contributed by atoms with Crippen LogP contribution >= 0.6 is 0 Å². The standard InChI is InChI=1S/C17H21N7/c1-2-23-13-21-15-16(23)19-12-20-17(15)24-9-7-22(8-10-24)11-14-5-3-4-6-18-14/h3-6,12-13H,2,7-11H2,1H3. The number of piperazine rings is 1. The molecule has 0 atom stereocenters. The second-order valence-electron chi connectivity index (χ2n) is 5.98. The van der Waals surface area contributed by atoms with Crippen molar-refractivity contribution in [2.75, 3.05) is 31.1 Å². The first-order valence-corrected chi connectivity index (χ1v) is 8.38. The fourth-order valence-corrected chi connectivity index (χ4v) is 3.17. The molecule has 0 aromatic carbocycles. The van der Waals surface area contributed by atoms with E-state index in [4.69, 9.17) is 0 Å². The molecule has 4 heterocycles. The Bertz CT molecular complexity index is 806. The summed E-state index contributed by atoms with van der Waals surface area (Å²) in [4.78, 5) is 22.6. The second kappa shape index (κ2) is 6.52. The third kappa shape index (κ3) is 2.82. The number of pyridine rings is 1. The van der Waals surface area contributed by atoms with E-state index in [2.05, 4.69) is 47.3 Å². The van der Waals surface area contributed by atoms with Crippen LogP contribution < -0.4 is 4.90 Å². The van der Waals surface area contributed by atoms with Gasteiger partial charge in [0.25, 0.3) is 0 Å². The first-order valence-electron chi connectivity index (χ1n) is 8.38. The molecule has 1 aliphatic heterocycles. The van der Waals surface area contributed by atoms with Gasteiger partial charge in [-0.1, -0.05) is 6.07 Å². The first-order chi connectivity index (χ1) is 11.8. The van der Waals surface area contributed by atoms with E-state index in [0.29, 0.717) is 0 Å². The molecule has 3 aromatic rings. The minimum Gasteiger partial charge on any atom is -0.352 e. The van der Waals surface area contributed by atoms with Crippen LogP contribution in [0.15, 0.2) is 37.1 Å². The van der Waals surface area contributed by atoms with Gasteiger partial charge in [-0.25, -0.2) is 15.0 Å². The summed E-state index contributed by atoms with van der Waals surface area (Å²) in [5, 5.41) is 0. The largest absolute Gasteiger partial charge is 0.352 e. The van der Waals surface area contributed by atoms with E-state index in [9.17, 15) is 0 Å². The average Bonchev–Trinajstić information content (AvgIpc) is 3.06. The van der Waals surface area contributed by atoms with E-state index < -0.39 is 0 Å². The highest BCUT2D eigenvalue weighted by Crippen LogP contribution is 2.22. The van der Waals surface area contributed by atoms with Gasteiger partial charge in [0, 0.05) is 45.5 Å². The number of anilines is 1. The maximum Gasteiger partial charge on any atom is 0.165 e. The molecule has 0 bridgehead atoms. The number of hydrogen-bond acceptors (Lipinski definition) is 6. The zero-order valence-electron chi connectivity index (χ0n) is 13.8. The Morgan fingerprint density at radius 3 is 2.62 bits per heavy atom. The topological polar surface area (TPSA) is 63.0 Å². The molecule has 1 aliphatic rings. The number of hydrogen-bond donors (Lipinski definition) is 0. The molecule has 0 radical (unpaired) electrons. The maximum absolute atomic E-state index is 4.52. The van der Waals surface area contributed by atoms with Crippen molar-refractivity contribution in [1.82, 2.24) is 29.4 Å². The van der Waals surface area contributed by atoms with E-state index in [0.717, 1.165) is 61.9 Å². The van der Waals surface area contributed by atoms with Gasteiger partial charge in [-0.15, -0.1) is 0 Å². The lowest BCUT2D eigenvalue weighted by Gasteiger charge is -2.35. The molecule has 24 heavy (non-hydrogen) atoms. The molecule has 0 N–H and O–H groups in total. The Hall–Kier alpha value is -2.54. The van der Waals surface area contributed by atoms with Gasteiger partial charge < -0.3 is 9.47 Å². The van der Waals surface area contributed by atoms with Gasteiger partial charge in [0.15, 0.2) is 17.0 Å². The Morgan fingerprint density at radius 2 is 1.88 bits per heavy atom. The van der Waals surface area contributed by atoms with Gasteiger partial charge >= 0.3 is 0 Å². The summed E-state index contributed by atoms with van der Waals surface area (Å²) in [5.41, 5.74) is 2.94. The third-order valence-corrected chi connectivity index (χ3v) is 4.51.